The predicted octanol–water partition coefficient (Wildman–Crippen LogP) is 3.99. The van der Waals surface area contributed by atoms with Gasteiger partial charge in [-0.25, -0.2) is 17.2 Å². The molecule has 0 aromatic heterocycles. The van der Waals surface area contributed by atoms with Crippen LogP contribution in [0, 0.1) is 17.6 Å². The number of hydrogen-bond acceptors (Lipinski definition) is 5. The molecule has 3 amide bonds. The number of sulfone groups is 1. The van der Waals surface area contributed by atoms with Crippen LogP contribution in [0.2, 0.25) is 5.02 Å². The molecule has 1 aliphatic rings. The van der Waals surface area contributed by atoms with Gasteiger partial charge in [0.05, 0.1) is 22.2 Å². The topological polar surface area (TPSA) is 121 Å². The Kier molecular flexibility index (Phi) is 7.42. The first-order valence-corrected chi connectivity index (χ1v) is 12.6. The first-order valence-electron chi connectivity index (χ1n) is 9.43. The number of rotatable bonds is 7. The molecule has 0 aliphatic heterocycles. The Balaban J connectivity index is 1.79. The number of halogens is 5. The van der Waals surface area contributed by atoms with Crippen molar-refractivity contribution in [3.63, 3.8) is 0 Å². The van der Waals surface area contributed by atoms with Crippen molar-refractivity contribution in [1.29, 1.82) is 0 Å². The molecule has 3 rings (SSSR count). The molecule has 1 fully saturated rings. The lowest BCUT2D eigenvalue weighted by molar-refractivity contribution is -0.117. The largest absolute Gasteiger partial charge is 0.326 e. The smallest absolute Gasteiger partial charge is 0.257 e. The number of alkyl halides is 2. The maximum absolute atomic E-state index is 14.8. The fourth-order valence-corrected chi connectivity index (χ4v) is 4.13. The zero-order valence-electron chi connectivity index (χ0n) is 17.2. The van der Waals surface area contributed by atoms with Gasteiger partial charge >= 0.3 is 0 Å². The average Bonchev–Trinajstić information content (AvgIpc) is 3.35. The maximum Gasteiger partial charge on any atom is 0.257 e. The molecular weight excluding hydrogens is 539 g/mol. The Morgan fingerprint density at radius 3 is 2.32 bits per heavy atom. The van der Waals surface area contributed by atoms with Crippen molar-refractivity contribution in [2.75, 3.05) is 28.0 Å². The van der Waals surface area contributed by atoms with E-state index in [0.29, 0.717) is 0 Å². The van der Waals surface area contributed by atoms with Crippen LogP contribution in [0.4, 0.5) is 25.8 Å². The van der Waals surface area contributed by atoms with E-state index in [1.165, 1.54) is 18.2 Å². The van der Waals surface area contributed by atoms with E-state index in [4.69, 9.17) is 34.8 Å². The summed E-state index contributed by atoms with van der Waals surface area (Å²) in [7, 11) is -3.75. The minimum atomic E-state index is -3.75. The number of amides is 3. The van der Waals surface area contributed by atoms with E-state index in [1.54, 1.807) is 0 Å². The van der Waals surface area contributed by atoms with Gasteiger partial charge in [0.1, 0.15) is 21.6 Å². The van der Waals surface area contributed by atoms with Crippen LogP contribution < -0.4 is 16.0 Å². The number of benzene rings is 2. The van der Waals surface area contributed by atoms with Gasteiger partial charge in [0.25, 0.3) is 5.91 Å². The quantitative estimate of drug-likeness (QED) is 0.447. The van der Waals surface area contributed by atoms with Crippen molar-refractivity contribution in [3.8, 4) is 0 Å². The van der Waals surface area contributed by atoms with Crippen molar-refractivity contribution in [2.24, 2.45) is 5.92 Å². The second kappa shape index (κ2) is 9.65. The molecule has 14 heteroatoms. The molecule has 34 heavy (non-hydrogen) atoms. The summed E-state index contributed by atoms with van der Waals surface area (Å²) in [6, 6.07) is 5.66. The van der Waals surface area contributed by atoms with Crippen LogP contribution in [0.3, 0.4) is 0 Å². The summed E-state index contributed by atoms with van der Waals surface area (Å²) in [4.78, 5) is 36.6. The van der Waals surface area contributed by atoms with Crippen LogP contribution in [0.15, 0.2) is 30.3 Å². The molecular formula is C20H16Cl3F2N3O5S. The molecule has 0 bridgehead atoms. The van der Waals surface area contributed by atoms with Gasteiger partial charge in [0.15, 0.2) is 15.7 Å². The van der Waals surface area contributed by atoms with Gasteiger partial charge in [0, 0.05) is 11.9 Å². The molecule has 2 aromatic rings. The van der Waals surface area contributed by atoms with E-state index < -0.39 is 66.6 Å². The minimum Gasteiger partial charge on any atom is -0.326 e. The van der Waals surface area contributed by atoms with Gasteiger partial charge in [-0.2, -0.15) is 0 Å². The zero-order valence-corrected chi connectivity index (χ0v) is 20.3. The Hall–Kier alpha value is -2.47. The molecule has 3 N–H and O–H groups in total. The number of anilines is 3. The number of hydrogen-bond donors (Lipinski definition) is 3. The fraction of sp³-hybridized carbons (Fsp3) is 0.250. The SMILES string of the molecule is CS(=O)(=O)CC(=O)Nc1c(F)ccc(NC(=O)c2cc(NC(=O)C3CC3(Cl)Cl)ccc2Cl)c1F. The summed E-state index contributed by atoms with van der Waals surface area (Å²) in [6.07, 6.45) is 1.05. The summed E-state index contributed by atoms with van der Waals surface area (Å²) in [6.45, 7) is 0. The average molecular weight is 555 g/mol. The summed E-state index contributed by atoms with van der Waals surface area (Å²) in [5, 5.41) is 6.55. The first-order chi connectivity index (χ1) is 15.7. The highest BCUT2D eigenvalue weighted by atomic mass is 35.5. The molecule has 0 radical (unpaired) electrons. The van der Waals surface area contributed by atoms with Crippen LogP contribution in [-0.4, -0.2) is 42.5 Å². The van der Waals surface area contributed by atoms with Gasteiger partial charge < -0.3 is 16.0 Å². The third-order valence-corrected chi connectivity index (χ3v) is 6.57. The molecule has 182 valence electrons. The van der Waals surface area contributed by atoms with Gasteiger partial charge in [-0.3, -0.25) is 14.4 Å². The first kappa shape index (κ1) is 26.1. The van der Waals surface area contributed by atoms with Crippen LogP contribution in [-0.2, 0) is 19.4 Å². The predicted molar refractivity (Wildman–Crippen MR) is 125 cm³/mol. The highest BCUT2D eigenvalue weighted by Gasteiger charge is 2.56. The number of nitrogens with one attached hydrogen (secondary N) is 3. The molecule has 1 saturated carbocycles. The summed E-state index contributed by atoms with van der Waals surface area (Å²) in [5.74, 6) is -6.67. The maximum atomic E-state index is 14.8. The molecule has 1 aliphatic carbocycles. The van der Waals surface area contributed by atoms with E-state index in [-0.39, 0.29) is 22.7 Å². The summed E-state index contributed by atoms with van der Waals surface area (Å²) < 4.78 is 50.1. The van der Waals surface area contributed by atoms with Crippen molar-refractivity contribution >= 4 is 79.4 Å². The van der Waals surface area contributed by atoms with Crippen molar-refractivity contribution < 1.29 is 31.6 Å². The number of carbonyl (C=O) groups excluding carboxylic acids is 3. The van der Waals surface area contributed by atoms with E-state index in [1.807, 2.05) is 5.32 Å². The summed E-state index contributed by atoms with van der Waals surface area (Å²) in [5.41, 5.74) is -1.40. The Morgan fingerprint density at radius 1 is 1.09 bits per heavy atom. The standard InChI is InChI=1S/C20H16Cl3F2N3O5S/c1-34(32,33)8-15(29)28-17-13(24)4-5-14(16(17)25)27-18(30)10-6-9(2-3-12(10)21)26-19(31)11-7-20(11,22)23/h2-6,11H,7-8H2,1H3,(H,26,31)(H,27,30)(H,28,29). The molecule has 0 heterocycles. The molecule has 0 spiro atoms. The van der Waals surface area contributed by atoms with Gasteiger partial charge in [0.2, 0.25) is 11.8 Å². The Bertz CT molecular complexity index is 1300. The van der Waals surface area contributed by atoms with Crippen molar-refractivity contribution in [3.05, 3.63) is 52.6 Å². The molecule has 1 atom stereocenters. The normalized spacial score (nSPS) is 16.5. The second-order valence-corrected chi connectivity index (χ2v) is 11.6. The molecule has 8 nitrogen and oxygen atoms in total. The van der Waals surface area contributed by atoms with Crippen LogP contribution in [0.1, 0.15) is 16.8 Å². The lowest BCUT2D eigenvalue weighted by atomic mass is 10.1. The lowest BCUT2D eigenvalue weighted by Crippen LogP contribution is -2.23. The second-order valence-electron chi connectivity index (χ2n) is 7.56. The molecule has 0 saturated heterocycles. The molecule has 2 aromatic carbocycles. The summed E-state index contributed by atoms with van der Waals surface area (Å²) >= 11 is 17.8. The van der Waals surface area contributed by atoms with Crippen LogP contribution in [0.5, 0.6) is 0 Å². The third kappa shape index (κ3) is 6.35. The highest BCUT2D eigenvalue weighted by Crippen LogP contribution is 2.53. The lowest BCUT2D eigenvalue weighted by Gasteiger charge is -2.13. The molecule has 1 unspecified atom stereocenters. The van der Waals surface area contributed by atoms with Gasteiger partial charge in [-0.15, -0.1) is 23.2 Å². The van der Waals surface area contributed by atoms with Crippen LogP contribution in [0.25, 0.3) is 0 Å². The fourth-order valence-electron chi connectivity index (χ4n) is 2.87. The van der Waals surface area contributed by atoms with E-state index in [9.17, 15) is 31.6 Å². The number of carbonyl (C=O) groups is 3. The van der Waals surface area contributed by atoms with Crippen LogP contribution >= 0.6 is 34.8 Å². The van der Waals surface area contributed by atoms with E-state index in [0.717, 1.165) is 18.4 Å². The van der Waals surface area contributed by atoms with Gasteiger partial charge in [-0.05, 0) is 36.8 Å². The van der Waals surface area contributed by atoms with Crippen molar-refractivity contribution in [1.82, 2.24) is 0 Å². The Labute approximate surface area is 207 Å². The highest BCUT2D eigenvalue weighted by molar-refractivity contribution is 7.91. The Morgan fingerprint density at radius 2 is 1.74 bits per heavy atom. The van der Waals surface area contributed by atoms with Crippen molar-refractivity contribution in [2.45, 2.75) is 10.8 Å². The third-order valence-electron chi connectivity index (χ3n) is 4.62. The monoisotopic (exact) mass is 553 g/mol. The van der Waals surface area contributed by atoms with Gasteiger partial charge in [-0.1, -0.05) is 11.6 Å². The van der Waals surface area contributed by atoms with E-state index in [2.05, 4.69) is 10.6 Å². The van der Waals surface area contributed by atoms with E-state index >= 15 is 0 Å². The zero-order chi connectivity index (χ0) is 25.4. The minimum absolute atomic E-state index is 0.0323.